The van der Waals surface area contributed by atoms with Crippen molar-refractivity contribution in [3.05, 3.63) is 0 Å². The Labute approximate surface area is 93.3 Å². The number of hydrogen-bond acceptors (Lipinski definition) is 4. The average molecular weight is 250 g/mol. The van der Waals surface area contributed by atoms with Gasteiger partial charge in [-0.1, -0.05) is 0 Å². The van der Waals surface area contributed by atoms with Crippen molar-refractivity contribution in [2.75, 3.05) is 19.3 Å². The maximum atomic E-state index is 11.4. The molecule has 1 fully saturated rings. The van der Waals surface area contributed by atoms with Crippen LogP contribution in [0.3, 0.4) is 0 Å². The summed E-state index contributed by atoms with van der Waals surface area (Å²) in [5, 5.41) is 11.2. The lowest BCUT2D eigenvalue weighted by molar-refractivity contribution is -0.149. The minimum Gasteiger partial charge on any atom is -0.480 e. The molecule has 0 bridgehead atoms. The van der Waals surface area contributed by atoms with Crippen LogP contribution in [0.5, 0.6) is 0 Å². The standard InChI is InChI=1S/C8H14N2O5S/c1-16(14,15)10-5-4-9-6(11)8(2-3-8)7(12)13/h10H,2-5H2,1H3,(H,9,11)(H,12,13). The number of rotatable bonds is 6. The first-order valence-electron chi connectivity index (χ1n) is 4.74. The second-order valence-corrected chi connectivity index (χ2v) is 5.64. The monoisotopic (exact) mass is 250 g/mol. The lowest BCUT2D eigenvalue weighted by Gasteiger charge is -2.10. The first kappa shape index (κ1) is 12.9. The normalized spacial score (nSPS) is 17.8. The molecule has 0 heterocycles. The van der Waals surface area contributed by atoms with E-state index >= 15 is 0 Å². The number of nitrogens with one attached hydrogen (secondary N) is 2. The van der Waals surface area contributed by atoms with Gasteiger partial charge in [-0.15, -0.1) is 0 Å². The fraction of sp³-hybridized carbons (Fsp3) is 0.750. The second kappa shape index (κ2) is 4.38. The zero-order valence-electron chi connectivity index (χ0n) is 8.82. The van der Waals surface area contributed by atoms with E-state index in [1.165, 1.54) is 0 Å². The average Bonchev–Trinajstić information content (AvgIpc) is 2.90. The van der Waals surface area contributed by atoms with Gasteiger partial charge in [0, 0.05) is 13.1 Å². The second-order valence-electron chi connectivity index (χ2n) is 3.81. The summed E-state index contributed by atoms with van der Waals surface area (Å²) < 4.78 is 23.5. The lowest BCUT2D eigenvalue weighted by Crippen LogP contribution is -2.40. The zero-order valence-corrected chi connectivity index (χ0v) is 9.63. The minimum absolute atomic E-state index is 0.0558. The topological polar surface area (TPSA) is 113 Å². The Morgan fingerprint density at radius 3 is 2.25 bits per heavy atom. The Balaban J connectivity index is 2.29. The third-order valence-electron chi connectivity index (χ3n) is 2.37. The van der Waals surface area contributed by atoms with Crippen molar-refractivity contribution in [1.29, 1.82) is 0 Å². The zero-order chi connectivity index (χ0) is 12.4. The van der Waals surface area contributed by atoms with Crippen molar-refractivity contribution in [2.45, 2.75) is 12.8 Å². The molecular weight excluding hydrogens is 236 g/mol. The first-order valence-corrected chi connectivity index (χ1v) is 6.63. The Hall–Kier alpha value is -1.15. The molecule has 0 unspecified atom stereocenters. The molecule has 3 N–H and O–H groups in total. The van der Waals surface area contributed by atoms with Gasteiger partial charge in [0.05, 0.1) is 6.26 Å². The molecule has 0 aliphatic heterocycles. The summed E-state index contributed by atoms with van der Waals surface area (Å²) in [7, 11) is -3.28. The highest BCUT2D eigenvalue weighted by molar-refractivity contribution is 7.88. The van der Waals surface area contributed by atoms with E-state index in [0.717, 1.165) is 6.26 Å². The van der Waals surface area contributed by atoms with Crippen LogP contribution in [0, 0.1) is 5.41 Å². The summed E-state index contributed by atoms with van der Waals surface area (Å²) in [4.78, 5) is 22.2. The number of amides is 1. The Morgan fingerprint density at radius 2 is 1.88 bits per heavy atom. The number of carboxylic acids is 1. The Kier molecular flexibility index (Phi) is 3.54. The summed E-state index contributed by atoms with van der Waals surface area (Å²) in [5.74, 6) is -1.67. The van der Waals surface area contributed by atoms with E-state index in [2.05, 4.69) is 10.0 Å². The lowest BCUT2D eigenvalue weighted by atomic mass is 10.1. The third kappa shape index (κ3) is 3.17. The molecule has 1 aliphatic rings. The van der Waals surface area contributed by atoms with E-state index in [1.54, 1.807) is 0 Å². The van der Waals surface area contributed by atoms with Crippen LogP contribution in [0.15, 0.2) is 0 Å². The van der Waals surface area contributed by atoms with Crippen LogP contribution in [0.25, 0.3) is 0 Å². The number of aliphatic carboxylic acids is 1. The number of carboxylic acid groups (broad SMARTS) is 1. The van der Waals surface area contributed by atoms with Gasteiger partial charge in [-0.2, -0.15) is 0 Å². The molecule has 1 saturated carbocycles. The van der Waals surface area contributed by atoms with Crippen LogP contribution in [0.2, 0.25) is 0 Å². The summed E-state index contributed by atoms with van der Waals surface area (Å²) in [6, 6.07) is 0. The maximum Gasteiger partial charge on any atom is 0.319 e. The van der Waals surface area contributed by atoms with E-state index in [4.69, 9.17) is 5.11 Å². The largest absolute Gasteiger partial charge is 0.480 e. The third-order valence-corrected chi connectivity index (χ3v) is 3.10. The van der Waals surface area contributed by atoms with E-state index in [1.807, 2.05) is 0 Å². The van der Waals surface area contributed by atoms with Gasteiger partial charge >= 0.3 is 5.97 Å². The summed E-state index contributed by atoms with van der Waals surface area (Å²) in [6.45, 7) is 0.140. The summed E-state index contributed by atoms with van der Waals surface area (Å²) in [6.07, 6.45) is 1.69. The molecule has 0 aromatic carbocycles. The van der Waals surface area contributed by atoms with Crippen LogP contribution in [-0.4, -0.2) is 44.7 Å². The summed E-state index contributed by atoms with van der Waals surface area (Å²) in [5.41, 5.74) is -1.27. The molecule has 0 saturated heterocycles. The van der Waals surface area contributed by atoms with E-state index in [9.17, 15) is 18.0 Å². The quantitative estimate of drug-likeness (QED) is 0.393. The number of carbonyl (C=O) groups excluding carboxylic acids is 1. The molecule has 0 aromatic rings. The van der Waals surface area contributed by atoms with E-state index < -0.39 is 27.3 Å². The molecule has 0 spiro atoms. The van der Waals surface area contributed by atoms with Gasteiger partial charge in [0.2, 0.25) is 15.9 Å². The van der Waals surface area contributed by atoms with Gasteiger partial charge in [0.1, 0.15) is 5.41 Å². The van der Waals surface area contributed by atoms with Gasteiger partial charge in [-0.3, -0.25) is 9.59 Å². The fourth-order valence-corrected chi connectivity index (χ4v) is 1.72. The van der Waals surface area contributed by atoms with Crippen molar-refractivity contribution < 1.29 is 23.1 Å². The van der Waals surface area contributed by atoms with Crippen LogP contribution in [0.4, 0.5) is 0 Å². The molecule has 0 atom stereocenters. The number of carbonyl (C=O) groups is 2. The molecule has 92 valence electrons. The van der Waals surface area contributed by atoms with Crippen LogP contribution >= 0.6 is 0 Å². The molecule has 7 nitrogen and oxygen atoms in total. The van der Waals surface area contributed by atoms with Gasteiger partial charge in [-0.05, 0) is 12.8 Å². The molecule has 8 heteroatoms. The minimum atomic E-state index is -3.28. The van der Waals surface area contributed by atoms with Crippen LogP contribution in [0.1, 0.15) is 12.8 Å². The van der Waals surface area contributed by atoms with E-state index in [0.29, 0.717) is 12.8 Å². The first-order chi connectivity index (χ1) is 7.28. The van der Waals surface area contributed by atoms with Crippen molar-refractivity contribution in [2.24, 2.45) is 5.41 Å². The van der Waals surface area contributed by atoms with Gasteiger partial charge in [0.15, 0.2) is 0 Å². The highest BCUT2D eigenvalue weighted by Crippen LogP contribution is 2.45. The molecule has 16 heavy (non-hydrogen) atoms. The highest BCUT2D eigenvalue weighted by Gasteiger charge is 2.56. The van der Waals surface area contributed by atoms with E-state index in [-0.39, 0.29) is 13.1 Å². The number of hydrogen-bond donors (Lipinski definition) is 3. The Morgan fingerprint density at radius 1 is 1.31 bits per heavy atom. The highest BCUT2D eigenvalue weighted by atomic mass is 32.2. The molecule has 0 aromatic heterocycles. The van der Waals surface area contributed by atoms with Crippen LogP contribution < -0.4 is 10.0 Å². The van der Waals surface area contributed by atoms with Gasteiger partial charge in [-0.25, -0.2) is 13.1 Å². The molecule has 1 amide bonds. The molecular formula is C8H14N2O5S. The van der Waals surface area contributed by atoms with Crippen LogP contribution in [-0.2, 0) is 19.6 Å². The van der Waals surface area contributed by atoms with Crippen molar-refractivity contribution in [3.8, 4) is 0 Å². The predicted molar refractivity (Wildman–Crippen MR) is 55.2 cm³/mol. The van der Waals surface area contributed by atoms with Crippen molar-refractivity contribution in [3.63, 3.8) is 0 Å². The van der Waals surface area contributed by atoms with Gasteiger partial charge in [0.25, 0.3) is 0 Å². The predicted octanol–water partition coefficient (Wildman–Crippen LogP) is -1.48. The molecule has 0 radical (unpaired) electrons. The van der Waals surface area contributed by atoms with Gasteiger partial charge < -0.3 is 10.4 Å². The number of sulfonamides is 1. The smallest absolute Gasteiger partial charge is 0.319 e. The molecule has 1 rings (SSSR count). The SMILES string of the molecule is CS(=O)(=O)NCCNC(=O)C1(C(=O)O)CC1. The Bertz CT molecular complexity index is 399. The van der Waals surface area contributed by atoms with Crippen molar-refractivity contribution >= 4 is 21.9 Å². The molecule has 1 aliphatic carbocycles. The summed E-state index contributed by atoms with van der Waals surface area (Å²) >= 11 is 0. The maximum absolute atomic E-state index is 11.4. The van der Waals surface area contributed by atoms with Crippen molar-refractivity contribution in [1.82, 2.24) is 10.0 Å². The fourth-order valence-electron chi connectivity index (χ4n) is 1.24.